The molecule has 0 unspecified atom stereocenters. The van der Waals surface area contributed by atoms with Crippen LogP contribution in [0.1, 0.15) is 26.2 Å². The second kappa shape index (κ2) is 6.46. The Morgan fingerprint density at radius 1 is 1.22 bits per heavy atom. The topological polar surface area (TPSA) is 65.3 Å². The van der Waals surface area contributed by atoms with E-state index in [9.17, 15) is 4.79 Å². The summed E-state index contributed by atoms with van der Waals surface area (Å²) in [6, 6.07) is 8.92. The molecule has 0 aliphatic heterocycles. The summed E-state index contributed by atoms with van der Waals surface area (Å²) in [5.41, 5.74) is 7.52. The molecular formula is C17H19ClN4O. The summed E-state index contributed by atoms with van der Waals surface area (Å²) in [7, 11) is 0. The van der Waals surface area contributed by atoms with Gasteiger partial charge >= 0.3 is 0 Å². The Kier molecular flexibility index (Phi) is 4.39. The van der Waals surface area contributed by atoms with Crippen LogP contribution in [0.15, 0.2) is 41.3 Å². The predicted octanol–water partition coefficient (Wildman–Crippen LogP) is 3.59. The maximum Gasteiger partial charge on any atom is 0.261 e. The minimum Gasteiger partial charge on any atom is -0.383 e. The zero-order chi connectivity index (χ0) is 16.4. The summed E-state index contributed by atoms with van der Waals surface area (Å²) in [6.07, 6.45) is 5.09. The Labute approximate surface area is 139 Å². The second-order valence-electron chi connectivity index (χ2n) is 5.57. The molecule has 23 heavy (non-hydrogen) atoms. The number of benzene rings is 1. The first-order valence-corrected chi connectivity index (χ1v) is 8.12. The number of nitrogen functional groups attached to an aromatic ring is 1. The molecule has 3 rings (SSSR count). The Morgan fingerprint density at radius 2 is 1.96 bits per heavy atom. The molecule has 0 radical (unpaired) electrons. The number of anilines is 1. The van der Waals surface area contributed by atoms with Gasteiger partial charge in [-0.05, 0) is 24.1 Å². The fraction of sp³-hybridized carbons (Fsp3) is 0.294. The van der Waals surface area contributed by atoms with Gasteiger partial charge in [0.1, 0.15) is 5.82 Å². The molecule has 0 spiro atoms. The molecule has 1 aromatic carbocycles. The van der Waals surface area contributed by atoms with Gasteiger partial charge in [0.05, 0.1) is 5.69 Å². The van der Waals surface area contributed by atoms with Gasteiger partial charge in [-0.25, -0.2) is 0 Å². The molecular weight excluding hydrogens is 312 g/mol. The first-order chi connectivity index (χ1) is 11.1. The molecule has 3 aromatic rings. The number of unbranched alkanes of at least 4 members (excludes halogenated alkanes) is 2. The maximum atomic E-state index is 12.2. The van der Waals surface area contributed by atoms with Crippen molar-refractivity contribution in [3.63, 3.8) is 0 Å². The van der Waals surface area contributed by atoms with Crippen LogP contribution in [0, 0.1) is 0 Å². The minimum atomic E-state index is -0.169. The van der Waals surface area contributed by atoms with E-state index in [-0.39, 0.29) is 11.4 Å². The molecule has 2 aromatic heterocycles. The van der Waals surface area contributed by atoms with Crippen LogP contribution in [0.25, 0.3) is 17.0 Å². The second-order valence-corrected chi connectivity index (χ2v) is 6.01. The van der Waals surface area contributed by atoms with Crippen LogP contribution < -0.4 is 11.3 Å². The number of hydrogen-bond donors (Lipinski definition) is 1. The average Bonchev–Trinajstić information content (AvgIpc) is 2.87. The van der Waals surface area contributed by atoms with Gasteiger partial charge < -0.3 is 10.3 Å². The Bertz CT molecular complexity index is 880. The molecule has 0 fully saturated rings. The summed E-state index contributed by atoms with van der Waals surface area (Å²) in [5, 5.41) is 0.682. The van der Waals surface area contributed by atoms with Gasteiger partial charge in [-0.3, -0.25) is 9.20 Å². The van der Waals surface area contributed by atoms with Crippen LogP contribution in [0.2, 0.25) is 5.02 Å². The smallest absolute Gasteiger partial charge is 0.261 e. The van der Waals surface area contributed by atoms with E-state index in [2.05, 4.69) is 16.5 Å². The highest BCUT2D eigenvalue weighted by molar-refractivity contribution is 6.30. The molecule has 0 bridgehead atoms. The number of aromatic nitrogens is 3. The first-order valence-electron chi connectivity index (χ1n) is 7.74. The molecule has 0 saturated carbocycles. The Morgan fingerprint density at radius 3 is 2.65 bits per heavy atom. The number of nitrogens with zero attached hydrogens (tertiary/aromatic N) is 3. The monoisotopic (exact) mass is 330 g/mol. The molecule has 6 heteroatoms. The summed E-state index contributed by atoms with van der Waals surface area (Å²) < 4.78 is 3.60. The SMILES string of the molecule is CCCCCn1c(-c2ccc(Cl)cc2)cn2c(=O)cc(N)nc12. The van der Waals surface area contributed by atoms with Gasteiger partial charge in [-0.1, -0.05) is 43.5 Å². The third-order valence-corrected chi connectivity index (χ3v) is 4.11. The molecule has 2 heterocycles. The number of aryl methyl sites for hydroxylation is 1. The standard InChI is InChI=1S/C17H19ClN4O/c1-2-3-4-9-21-14(12-5-7-13(18)8-6-12)11-22-16(23)10-15(19)20-17(21)22/h5-8,10-11H,2-4,9,19H2,1H3. The van der Waals surface area contributed by atoms with Crippen molar-refractivity contribution in [3.05, 3.63) is 51.9 Å². The highest BCUT2D eigenvalue weighted by atomic mass is 35.5. The fourth-order valence-corrected chi connectivity index (χ4v) is 2.83. The highest BCUT2D eigenvalue weighted by Gasteiger charge is 2.13. The van der Waals surface area contributed by atoms with E-state index in [1.54, 1.807) is 4.40 Å². The summed E-state index contributed by atoms with van der Waals surface area (Å²) in [5.74, 6) is 0.823. The maximum absolute atomic E-state index is 12.2. The van der Waals surface area contributed by atoms with Gasteiger partial charge in [-0.2, -0.15) is 4.98 Å². The summed E-state index contributed by atoms with van der Waals surface area (Å²) in [4.78, 5) is 16.5. The number of rotatable bonds is 5. The number of nitrogens with two attached hydrogens (primary N) is 1. The molecule has 0 atom stereocenters. The lowest BCUT2D eigenvalue weighted by Crippen LogP contribution is -2.15. The van der Waals surface area contributed by atoms with E-state index in [1.165, 1.54) is 6.07 Å². The van der Waals surface area contributed by atoms with Crippen molar-refractivity contribution >= 4 is 23.2 Å². The molecule has 5 nitrogen and oxygen atoms in total. The Balaban J connectivity index is 2.18. The quantitative estimate of drug-likeness (QED) is 0.727. The van der Waals surface area contributed by atoms with Crippen LogP contribution in [-0.4, -0.2) is 14.0 Å². The summed E-state index contributed by atoms with van der Waals surface area (Å²) in [6.45, 7) is 2.95. The van der Waals surface area contributed by atoms with Crippen molar-refractivity contribution in [1.29, 1.82) is 0 Å². The van der Waals surface area contributed by atoms with Gasteiger partial charge in [0.25, 0.3) is 5.56 Å². The van der Waals surface area contributed by atoms with Crippen molar-refractivity contribution < 1.29 is 0 Å². The number of hydrogen-bond acceptors (Lipinski definition) is 3. The lowest BCUT2D eigenvalue weighted by molar-refractivity contribution is 0.614. The van der Waals surface area contributed by atoms with Crippen LogP contribution in [0.3, 0.4) is 0 Å². The van der Waals surface area contributed by atoms with Gasteiger partial charge in [-0.15, -0.1) is 0 Å². The van der Waals surface area contributed by atoms with Crippen molar-refractivity contribution in [3.8, 4) is 11.3 Å². The molecule has 0 saturated heterocycles. The van der Waals surface area contributed by atoms with Crippen molar-refractivity contribution in [2.75, 3.05) is 5.73 Å². The van der Waals surface area contributed by atoms with E-state index >= 15 is 0 Å². The number of fused-ring (bicyclic) bond motifs is 1. The van der Waals surface area contributed by atoms with E-state index in [0.29, 0.717) is 10.8 Å². The molecule has 0 aliphatic rings. The molecule has 120 valence electrons. The number of imidazole rings is 1. The van der Waals surface area contributed by atoms with Crippen LogP contribution in [-0.2, 0) is 6.54 Å². The first kappa shape index (κ1) is 15.6. The molecule has 0 amide bonds. The van der Waals surface area contributed by atoms with Crippen LogP contribution in [0.4, 0.5) is 5.82 Å². The van der Waals surface area contributed by atoms with Gasteiger partial charge in [0.15, 0.2) is 0 Å². The van der Waals surface area contributed by atoms with E-state index in [4.69, 9.17) is 17.3 Å². The van der Waals surface area contributed by atoms with Crippen molar-refractivity contribution in [2.45, 2.75) is 32.7 Å². The zero-order valence-corrected chi connectivity index (χ0v) is 13.8. The van der Waals surface area contributed by atoms with Gasteiger partial charge in [0, 0.05) is 23.8 Å². The minimum absolute atomic E-state index is 0.169. The molecule has 0 aliphatic carbocycles. The van der Waals surface area contributed by atoms with Crippen molar-refractivity contribution in [1.82, 2.24) is 14.0 Å². The van der Waals surface area contributed by atoms with Crippen LogP contribution in [0.5, 0.6) is 0 Å². The summed E-state index contributed by atoms with van der Waals surface area (Å²) >= 11 is 5.98. The zero-order valence-electron chi connectivity index (χ0n) is 13.0. The average molecular weight is 331 g/mol. The highest BCUT2D eigenvalue weighted by Crippen LogP contribution is 2.24. The lowest BCUT2D eigenvalue weighted by atomic mass is 10.1. The predicted molar refractivity (Wildman–Crippen MR) is 93.8 cm³/mol. The van der Waals surface area contributed by atoms with E-state index in [1.807, 2.05) is 30.5 Å². The van der Waals surface area contributed by atoms with Gasteiger partial charge in [0.2, 0.25) is 5.78 Å². The number of halogens is 1. The third kappa shape index (κ3) is 3.10. The lowest BCUT2D eigenvalue weighted by Gasteiger charge is -2.09. The van der Waals surface area contributed by atoms with E-state index in [0.717, 1.165) is 37.1 Å². The van der Waals surface area contributed by atoms with Crippen molar-refractivity contribution in [2.24, 2.45) is 0 Å². The van der Waals surface area contributed by atoms with E-state index < -0.39 is 0 Å². The normalized spacial score (nSPS) is 11.2. The fourth-order valence-electron chi connectivity index (χ4n) is 2.70. The largest absolute Gasteiger partial charge is 0.383 e. The molecule has 2 N–H and O–H groups in total. The van der Waals surface area contributed by atoms with Crippen LogP contribution >= 0.6 is 11.6 Å². The Hall–Kier alpha value is -2.27. The third-order valence-electron chi connectivity index (χ3n) is 3.86.